The van der Waals surface area contributed by atoms with Crippen molar-refractivity contribution in [3.63, 3.8) is 0 Å². The molecule has 0 atom stereocenters. The fraction of sp³-hybridized carbons (Fsp3) is 0. The highest BCUT2D eigenvalue weighted by Crippen LogP contribution is 2.44. The summed E-state index contributed by atoms with van der Waals surface area (Å²) in [4.78, 5) is 1.07. The lowest BCUT2D eigenvalue weighted by Gasteiger charge is -2.01. The van der Waals surface area contributed by atoms with E-state index in [1.54, 1.807) is 17.4 Å². The Balaban J connectivity index is 2.32. The van der Waals surface area contributed by atoms with Crippen LogP contribution >= 0.6 is 27.3 Å². The van der Waals surface area contributed by atoms with Crippen molar-refractivity contribution in [2.45, 2.75) is 0 Å². The Morgan fingerprint density at radius 2 is 1.65 bits per heavy atom. The van der Waals surface area contributed by atoms with Crippen LogP contribution in [0.4, 0.5) is 0 Å². The predicted molar refractivity (Wildman–Crippen MR) is 76.6 cm³/mol. The molecule has 3 rings (SSSR count). The summed E-state index contributed by atoms with van der Waals surface area (Å²) in [5.74, 6) is 0.319. The molecule has 3 aromatic rings. The molecule has 84 valence electrons. The first-order valence-electron chi connectivity index (χ1n) is 5.23. The van der Waals surface area contributed by atoms with Crippen LogP contribution in [0.25, 0.3) is 20.5 Å². The highest BCUT2D eigenvalue weighted by Gasteiger charge is 2.13. The first kappa shape index (κ1) is 10.8. The number of hydrogen-bond donors (Lipinski definition) is 1. The van der Waals surface area contributed by atoms with Gasteiger partial charge in [-0.2, -0.15) is 0 Å². The van der Waals surface area contributed by atoms with Crippen molar-refractivity contribution in [3.8, 4) is 16.2 Å². The van der Waals surface area contributed by atoms with Gasteiger partial charge in [0, 0.05) is 20.1 Å². The van der Waals surface area contributed by atoms with Crippen LogP contribution < -0.4 is 0 Å². The SMILES string of the molecule is Oc1ccccc1-c1sc2ccccc2c1Br. The van der Waals surface area contributed by atoms with E-state index in [4.69, 9.17) is 0 Å². The van der Waals surface area contributed by atoms with E-state index in [-0.39, 0.29) is 0 Å². The van der Waals surface area contributed by atoms with Gasteiger partial charge >= 0.3 is 0 Å². The van der Waals surface area contributed by atoms with E-state index < -0.39 is 0 Å². The van der Waals surface area contributed by atoms with Gasteiger partial charge in [0.2, 0.25) is 0 Å². The molecule has 0 unspecified atom stereocenters. The molecular formula is C14H9BrOS. The molecule has 0 radical (unpaired) electrons. The monoisotopic (exact) mass is 304 g/mol. The zero-order chi connectivity index (χ0) is 11.8. The van der Waals surface area contributed by atoms with E-state index in [0.29, 0.717) is 5.75 Å². The quantitative estimate of drug-likeness (QED) is 0.668. The smallest absolute Gasteiger partial charge is 0.124 e. The number of phenolic OH excluding ortho intramolecular Hbond substituents is 1. The van der Waals surface area contributed by atoms with Crippen molar-refractivity contribution in [1.82, 2.24) is 0 Å². The lowest BCUT2D eigenvalue weighted by molar-refractivity contribution is 0.477. The van der Waals surface area contributed by atoms with E-state index in [2.05, 4.69) is 28.1 Å². The molecule has 0 saturated carbocycles. The second kappa shape index (κ2) is 4.17. The number of halogens is 1. The Morgan fingerprint density at radius 1 is 0.941 bits per heavy atom. The summed E-state index contributed by atoms with van der Waals surface area (Å²) in [6, 6.07) is 15.6. The molecule has 0 aliphatic carbocycles. The molecule has 1 aromatic heterocycles. The third-order valence-electron chi connectivity index (χ3n) is 2.68. The van der Waals surface area contributed by atoms with Crippen molar-refractivity contribution < 1.29 is 5.11 Å². The molecule has 0 aliphatic rings. The average molecular weight is 305 g/mol. The van der Waals surface area contributed by atoms with Crippen LogP contribution in [0.2, 0.25) is 0 Å². The van der Waals surface area contributed by atoms with E-state index in [9.17, 15) is 5.11 Å². The van der Waals surface area contributed by atoms with Crippen LogP contribution in [0.3, 0.4) is 0 Å². The summed E-state index contributed by atoms with van der Waals surface area (Å²) in [6.45, 7) is 0. The molecular weight excluding hydrogens is 296 g/mol. The fourth-order valence-corrected chi connectivity index (χ4v) is 3.91. The summed E-state index contributed by atoms with van der Waals surface area (Å²) in [5, 5.41) is 11.1. The molecule has 0 fully saturated rings. The second-order valence-electron chi connectivity index (χ2n) is 3.76. The third-order valence-corrected chi connectivity index (χ3v) is 4.97. The largest absolute Gasteiger partial charge is 0.507 e. The lowest BCUT2D eigenvalue weighted by Crippen LogP contribution is -1.74. The minimum atomic E-state index is 0.319. The Morgan fingerprint density at radius 3 is 2.41 bits per heavy atom. The van der Waals surface area contributed by atoms with Gasteiger partial charge in [-0.3, -0.25) is 0 Å². The first-order valence-corrected chi connectivity index (χ1v) is 6.84. The summed E-state index contributed by atoms with van der Waals surface area (Å²) < 4.78 is 2.28. The number of rotatable bonds is 1. The van der Waals surface area contributed by atoms with Gasteiger partial charge in [-0.15, -0.1) is 11.3 Å². The maximum absolute atomic E-state index is 9.90. The van der Waals surface area contributed by atoms with Gasteiger partial charge in [-0.25, -0.2) is 0 Å². The van der Waals surface area contributed by atoms with E-state index in [1.807, 2.05) is 30.3 Å². The van der Waals surface area contributed by atoms with E-state index in [1.165, 1.54) is 10.1 Å². The minimum absolute atomic E-state index is 0.319. The summed E-state index contributed by atoms with van der Waals surface area (Å²) >= 11 is 5.31. The molecule has 0 bridgehead atoms. The first-order chi connectivity index (χ1) is 8.27. The lowest BCUT2D eigenvalue weighted by atomic mass is 10.1. The molecule has 0 saturated heterocycles. The third kappa shape index (κ3) is 1.75. The number of para-hydroxylation sites is 1. The van der Waals surface area contributed by atoms with Crippen LogP contribution in [0.5, 0.6) is 5.75 Å². The van der Waals surface area contributed by atoms with Crippen LogP contribution in [0.1, 0.15) is 0 Å². The van der Waals surface area contributed by atoms with Gasteiger partial charge in [0.1, 0.15) is 5.75 Å². The molecule has 1 N–H and O–H groups in total. The zero-order valence-electron chi connectivity index (χ0n) is 8.85. The molecule has 0 amide bonds. The zero-order valence-corrected chi connectivity index (χ0v) is 11.3. The van der Waals surface area contributed by atoms with Gasteiger partial charge in [-0.05, 0) is 34.1 Å². The fourth-order valence-electron chi connectivity index (χ4n) is 1.85. The Bertz CT molecular complexity index is 688. The molecule has 3 heteroatoms. The van der Waals surface area contributed by atoms with E-state index in [0.717, 1.165) is 14.9 Å². The minimum Gasteiger partial charge on any atom is -0.507 e. The standard InChI is InChI=1S/C14H9BrOS/c15-13-10-6-2-4-8-12(10)17-14(13)9-5-1-3-7-11(9)16/h1-8,16H. The van der Waals surface area contributed by atoms with Crippen molar-refractivity contribution >= 4 is 37.4 Å². The van der Waals surface area contributed by atoms with Crippen molar-refractivity contribution in [3.05, 3.63) is 53.0 Å². The van der Waals surface area contributed by atoms with Gasteiger partial charge in [0.05, 0.1) is 4.88 Å². The number of fused-ring (bicyclic) bond motifs is 1. The maximum atomic E-state index is 9.90. The summed E-state index contributed by atoms with van der Waals surface area (Å²) in [7, 11) is 0. The van der Waals surface area contributed by atoms with Gasteiger partial charge in [-0.1, -0.05) is 30.3 Å². The van der Waals surface area contributed by atoms with Crippen molar-refractivity contribution in [2.75, 3.05) is 0 Å². The Labute approximate surface area is 111 Å². The normalized spacial score (nSPS) is 10.9. The summed E-state index contributed by atoms with van der Waals surface area (Å²) in [6.07, 6.45) is 0. The number of thiophene rings is 1. The molecule has 1 heterocycles. The number of benzene rings is 2. The average Bonchev–Trinajstić information content (AvgIpc) is 2.68. The predicted octanol–water partition coefficient (Wildman–Crippen LogP) is 5.04. The Kier molecular flexibility index (Phi) is 2.65. The highest BCUT2D eigenvalue weighted by atomic mass is 79.9. The van der Waals surface area contributed by atoms with Crippen LogP contribution in [-0.2, 0) is 0 Å². The Hall–Kier alpha value is -1.32. The van der Waals surface area contributed by atoms with Crippen LogP contribution in [0.15, 0.2) is 53.0 Å². The molecule has 17 heavy (non-hydrogen) atoms. The van der Waals surface area contributed by atoms with Crippen LogP contribution in [0, 0.1) is 0 Å². The van der Waals surface area contributed by atoms with Crippen molar-refractivity contribution in [2.24, 2.45) is 0 Å². The van der Waals surface area contributed by atoms with E-state index >= 15 is 0 Å². The summed E-state index contributed by atoms with van der Waals surface area (Å²) in [5.41, 5.74) is 0.876. The molecule has 0 aliphatic heterocycles. The maximum Gasteiger partial charge on any atom is 0.124 e. The topological polar surface area (TPSA) is 20.2 Å². The number of hydrogen-bond acceptors (Lipinski definition) is 2. The second-order valence-corrected chi connectivity index (χ2v) is 5.60. The molecule has 2 aromatic carbocycles. The highest BCUT2D eigenvalue weighted by molar-refractivity contribution is 9.10. The van der Waals surface area contributed by atoms with Gasteiger partial charge in [0.15, 0.2) is 0 Å². The molecule has 1 nitrogen and oxygen atoms in total. The van der Waals surface area contributed by atoms with Gasteiger partial charge in [0.25, 0.3) is 0 Å². The molecule has 0 spiro atoms. The number of aromatic hydroxyl groups is 1. The van der Waals surface area contributed by atoms with Crippen molar-refractivity contribution in [1.29, 1.82) is 0 Å². The van der Waals surface area contributed by atoms with Gasteiger partial charge < -0.3 is 5.11 Å². The number of phenols is 1. The van der Waals surface area contributed by atoms with Crippen LogP contribution in [-0.4, -0.2) is 5.11 Å².